The predicted molar refractivity (Wildman–Crippen MR) is 78.9 cm³/mol. The second-order valence-corrected chi connectivity index (χ2v) is 6.74. The number of thioether (sulfide) groups is 1. The molecule has 1 amide bonds. The second kappa shape index (κ2) is 6.57. The van der Waals surface area contributed by atoms with E-state index in [0.29, 0.717) is 22.6 Å². The monoisotopic (exact) mass is 299 g/mol. The van der Waals surface area contributed by atoms with Crippen molar-refractivity contribution in [2.45, 2.75) is 37.9 Å². The molecule has 0 aromatic carbocycles. The largest absolute Gasteiger partial charge is 0.350 e. The summed E-state index contributed by atoms with van der Waals surface area (Å²) in [5.74, 6) is 1.80. The fourth-order valence-electron chi connectivity index (χ4n) is 1.91. The molecule has 4 nitrogen and oxygen atoms in total. The van der Waals surface area contributed by atoms with Crippen LogP contribution in [0.4, 0.5) is 0 Å². The minimum Gasteiger partial charge on any atom is -0.350 e. The standard InChI is InChI=1S/C13H18ClN3OS/c1-8(2)12-15-7-10(14)11(17-12)13(18)16-6-9-4-3-5-19-9/h7-9H,3-6H2,1-2H3,(H,16,18)/t9-/m1/s1. The van der Waals surface area contributed by atoms with E-state index in [2.05, 4.69) is 15.3 Å². The molecule has 6 heteroatoms. The third-order valence-corrected chi connectivity index (χ3v) is 4.68. The first-order chi connectivity index (χ1) is 9.08. The number of halogens is 1. The molecule has 2 rings (SSSR count). The van der Waals surface area contributed by atoms with Crippen molar-refractivity contribution in [3.63, 3.8) is 0 Å². The number of nitrogens with one attached hydrogen (secondary N) is 1. The van der Waals surface area contributed by atoms with Gasteiger partial charge >= 0.3 is 0 Å². The van der Waals surface area contributed by atoms with Crippen LogP contribution in [0.15, 0.2) is 6.20 Å². The molecule has 0 spiro atoms. The number of nitrogens with zero attached hydrogens (tertiary/aromatic N) is 2. The van der Waals surface area contributed by atoms with Crippen molar-refractivity contribution >= 4 is 29.3 Å². The molecule has 1 N–H and O–H groups in total. The molecule has 1 aliphatic heterocycles. The number of rotatable bonds is 4. The van der Waals surface area contributed by atoms with Gasteiger partial charge in [0, 0.05) is 17.7 Å². The summed E-state index contributed by atoms with van der Waals surface area (Å²) in [5, 5.41) is 3.74. The van der Waals surface area contributed by atoms with Gasteiger partial charge in [-0.15, -0.1) is 0 Å². The Morgan fingerprint density at radius 1 is 1.63 bits per heavy atom. The third-order valence-electron chi connectivity index (χ3n) is 3.01. The number of amides is 1. The van der Waals surface area contributed by atoms with Gasteiger partial charge in [0.05, 0.1) is 11.2 Å². The summed E-state index contributed by atoms with van der Waals surface area (Å²) in [5.41, 5.74) is 0.281. The van der Waals surface area contributed by atoms with E-state index >= 15 is 0 Å². The highest BCUT2D eigenvalue weighted by atomic mass is 35.5. The summed E-state index contributed by atoms with van der Waals surface area (Å²) in [7, 11) is 0. The van der Waals surface area contributed by atoms with Gasteiger partial charge in [-0.25, -0.2) is 9.97 Å². The van der Waals surface area contributed by atoms with Crippen LogP contribution in [-0.2, 0) is 0 Å². The summed E-state index contributed by atoms with van der Waals surface area (Å²) >= 11 is 7.91. The van der Waals surface area contributed by atoms with Crippen molar-refractivity contribution in [1.29, 1.82) is 0 Å². The topological polar surface area (TPSA) is 54.9 Å². The molecule has 1 saturated heterocycles. The normalized spacial score (nSPS) is 18.8. The molecule has 1 aromatic heterocycles. The molecule has 0 unspecified atom stereocenters. The van der Waals surface area contributed by atoms with Gasteiger partial charge in [-0.3, -0.25) is 4.79 Å². The first-order valence-corrected chi connectivity index (χ1v) is 7.93. The first-order valence-electron chi connectivity index (χ1n) is 6.50. The number of hydrogen-bond acceptors (Lipinski definition) is 4. The zero-order valence-electron chi connectivity index (χ0n) is 11.1. The van der Waals surface area contributed by atoms with E-state index in [4.69, 9.17) is 11.6 Å². The third kappa shape index (κ3) is 3.83. The Morgan fingerprint density at radius 3 is 3.05 bits per heavy atom. The Bertz CT molecular complexity index is 461. The van der Waals surface area contributed by atoms with Crippen molar-refractivity contribution in [2.75, 3.05) is 12.3 Å². The Labute approximate surface area is 122 Å². The van der Waals surface area contributed by atoms with Gasteiger partial charge in [0.15, 0.2) is 0 Å². The van der Waals surface area contributed by atoms with Crippen molar-refractivity contribution in [2.24, 2.45) is 0 Å². The molecule has 0 saturated carbocycles. The van der Waals surface area contributed by atoms with Crippen LogP contribution in [0, 0.1) is 0 Å². The van der Waals surface area contributed by atoms with E-state index in [1.807, 2.05) is 25.6 Å². The highest BCUT2D eigenvalue weighted by Gasteiger charge is 2.19. The quantitative estimate of drug-likeness (QED) is 0.929. The van der Waals surface area contributed by atoms with Crippen LogP contribution in [-0.4, -0.2) is 33.4 Å². The fourth-order valence-corrected chi connectivity index (χ4v) is 3.29. The lowest BCUT2D eigenvalue weighted by molar-refractivity contribution is 0.0948. The predicted octanol–water partition coefficient (Wildman–Crippen LogP) is 2.88. The summed E-state index contributed by atoms with van der Waals surface area (Å²) in [6.45, 7) is 4.65. The first kappa shape index (κ1) is 14.6. The van der Waals surface area contributed by atoms with Crippen LogP contribution in [0.3, 0.4) is 0 Å². The molecular formula is C13H18ClN3OS. The van der Waals surface area contributed by atoms with Gasteiger partial charge in [-0.1, -0.05) is 25.4 Å². The molecule has 0 bridgehead atoms. The van der Waals surface area contributed by atoms with E-state index in [1.54, 1.807) is 0 Å². The maximum absolute atomic E-state index is 12.1. The molecular weight excluding hydrogens is 282 g/mol. The molecule has 1 fully saturated rings. The Morgan fingerprint density at radius 2 is 2.42 bits per heavy atom. The average molecular weight is 300 g/mol. The molecule has 19 heavy (non-hydrogen) atoms. The zero-order chi connectivity index (χ0) is 13.8. The van der Waals surface area contributed by atoms with E-state index < -0.39 is 0 Å². The van der Waals surface area contributed by atoms with Crippen LogP contribution >= 0.6 is 23.4 Å². The summed E-state index contributed by atoms with van der Waals surface area (Å²) in [4.78, 5) is 20.5. The van der Waals surface area contributed by atoms with Crippen LogP contribution in [0.2, 0.25) is 5.02 Å². The molecule has 104 valence electrons. The smallest absolute Gasteiger partial charge is 0.271 e. The van der Waals surface area contributed by atoms with Crippen LogP contribution < -0.4 is 5.32 Å². The number of carbonyl (C=O) groups is 1. The van der Waals surface area contributed by atoms with Crippen molar-refractivity contribution < 1.29 is 4.79 Å². The van der Waals surface area contributed by atoms with Crippen LogP contribution in [0.5, 0.6) is 0 Å². The average Bonchev–Trinajstić information content (AvgIpc) is 2.89. The van der Waals surface area contributed by atoms with E-state index in [0.717, 1.165) is 0 Å². The molecule has 0 aliphatic carbocycles. The van der Waals surface area contributed by atoms with Crippen molar-refractivity contribution in [3.8, 4) is 0 Å². The highest BCUT2D eigenvalue weighted by molar-refractivity contribution is 8.00. The lowest BCUT2D eigenvalue weighted by atomic mass is 10.2. The summed E-state index contributed by atoms with van der Waals surface area (Å²) < 4.78 is 0. The van der Waals surface area contributed by atoms with E-state index in [9.17, 15) is 4.79 Å². The minimum absolute atomic E-state index is 0.175. The van der Waals surface area contributed by atoms with Crippen LogP contribution in [0.1, 0.15) is 48.9 Å². The SMILES string of the molecule is CC(C)c1ncc(Cl)c(C(=O)NC[C@H]2CCCS2)n1. The van der Waals surface area contributed by atoms with Gasteiger partial charge in [-0.05, 0) is 18.6 Å². The second-order valence-electron chi connectivity index (χ2n) is 4.92. The van der Waals surface area contributed by atoms with Crippen molar-refractivity contribution in [1.82, 2.24) is 15.3 Å². The Kier molecular flexibility index (Phi) is 5.05. The van der Waals surface area contributed by atoms with Gasteiger partial charge in [0.25, 0.3) is 5.91 Å². The lowest BCUT2D eigenvalue weighted by Crippen LogP contribution is -2.31. The molecule has 2 heterocycles. The summed E-state index contributed by atoms with van der Waals surface area (Å²) in [6.07, 6.45) is 3.90. The van der Waals surface area contributed by atoms with Crippen molar-refractivity contribution in [3.05, 3.63) is 22.7 Å². The molecule has 1 atom stereocenters. The van der Waals surface area contributed by atoms with Gasteiger partial charge in [0.1, 0.15) is 11.5 Å². The maximum Gasteiger partial charge on any atom is 0.271 e. The maximum atomic E-state index is 12.1. The minimum atomic E-state index is -0.207. The number of hydrogen-bond donors (Lipinski definition) is 1. The van der Waals surface area contributed by atoms with Gasteiger partial charge < -0.3 is 5.32 Å². The highest BCUT2D eigenvalue weighted by Crippen LogP contribution is 2.25. The Hall–Kier alpha value is -0.810. The summed E-state index contributed by atoms with van der Waals surface area (Å²) in [6, 6.07) is 0. The van der Waals surface area contributed by atoms with E-state index in [-0.39, 0.29) is 17.5 Å². The number of aromatic nitrogens is 2. The number of carbonyl (C=O) groups excluding carboxylic acids is 1. The van der Waals surface area contributed by atoms with Crippen LogP contribution in [0.25, 0.3) is 0 Å². The molecule has 1 aliphatic rings. The van der Waals surface area contributed by atoms with Gasteiger partial charge in [-0.2, -0.15) is 11.8 Å². The Balaban J connectivity index is 2.02. The lowest BCUT2D eigenvalue weighted by Gasteiger charge is -2.11. The van der Waals surface area contributed by atoms with Gasteiger partial charge in [0.2, 0.25) is 0 Å². The molecule has 1 aromatic rings. The zero-order valence-corrected chi connectivity index (χ0v) is 12.7. The molecule has 0 radical (unpaired) electrons. The fraction of sp³-hybridized carbons (Fsp3) is 0.615. The van der Waals surface area contributed by atoms with E-state index in [1.165, 1.54) is 24.8 Å².